The summed E-state index contributed by atoms with van der Waals surface area (Å²) in [6.45, 7) is 3.00. The van der Waals surface area contributed by atoms with Crippen LogP contribution in [0.15, 0.2) is 30.3 Å². The second-order valence-corrected chi connectivity index (χ2v) is 4.83. The van der Waals surface area contributed by atoms with Crippen molar-refractivity contribution in [1.82, 2.24) is 4.90 Å². The molecule has 18 heavy (non-hydrogen) atoms. The first-order chi connectivity index (χ1) is 8.70. The fourth-order valence-electron chi connectivity index (χ4n) is 2.33. The van der Waals surface area contributed by atoms with E-state index >= 15 is 0 Å². The Hall–Kier alpha value is -1.55. The van der Waals surface area contributed by atoms with E-state index in [1.54, 1.807) is 4.90 Å². The zero-order valence-electron chi connectivity index (χ0n) is 10.6. The highest BCUT2D eigenvalue weighted by atomic mass is 16.6. The summed E-state index contributed by atoms with van der Waals surface area (Å²) in [5.74, 6) is 0.185. The highest BCUT2D eigenvalue weighted by Crippen LogP contribution is 2.23. The molecule has 1 aliphatic heterocycles. The summed E-state index contributed by atoms with van der Waals surface area (Å²) in [6, 6.07) is 9.77. The minimum Gasteiger partial charge on any atom is -0.445 e. The van der Waals surface area contributed by atoms with Gasteiger partial charge in [-0.3, -0.25) is 0 Å². The van der Waals surface area contributed by atoms with Crippen molar-refractivity contribution in [3.63, 3.8) is 0 Å². The Balaban J connectivity index is 1.85. The van der Waals surface area contributed by atoms with Gasteiger partial charge in [-0.15, -0.1) is 0 Å². The maximum Gasteiger partial charge on any atom is 0.410 e. The van der Waals surface area contributed by atoms with Crippen molar-refractivity contribution >= 4 is 6.09 Å². The van der Waals surface area contributed by atoms with E-state index in [1.807, 2.05) is 37.3 Å². The van der Waals surface area contributed by atoms with Crippen LogP contribution >= 0.6 is 0 Å². The van der Waals surface area contributed by atoms with Crippen molar-refractivity contribution in [2.45, 2.75) is 26.0 Å². The van der Waals surface area contributed by atoms with E-state index in [2.05, 4.69) is 0 Å². The number of carbonyl (C=O) groups is 1. The van der Waals surface area contributed by atoms with Crippen LogP contribution in [0.2, 0.25) is 0 Å². The fraction of sp³-hybridized carbons (Fsp3) is 0.500. The number of ether oxygens (including phenoxy) is 1. The van der Waals surface area contributed by atoms with Gasteiger partial charge in [0, 0.05) is 25.1 Å². The molecule has 0 saturated carbocycles. The Morgan fingerprint density at radius 3 is 2.78 bits per heavy atom. The van der Waals surface area contributed by atoms with Gasteiger partial charge < -0.3 is 14.7 Å². The van der Waals surface area contributed by atoms with Gasteiger partial charge in [-0.05, 0) is 18.9 Å². The summed E-state index contributed by atoms with van der Waals surface area (Å²) < 4.78 is 5.28. The molecule has 2 unspecified atom stereocenters. The van der Waals surface area contributed by atoms with Gasteiger partial charge >= 0.3 is 6.09 Å². The topological polar surface area (TPSA) is 49.8 Å². The second-order valence-electron chi connectivity index (χ2n) is 4.83. The summed E-state index contributed by atoms with van der Waals surface area (Å²) in [6.07, 6.45) is 0.555. The molecular weight excluding hydrogens is 230 g/mol. The lowest BCUT2D eigenvalue weighted by Crippen LogP contribution is -2.34. The van der Waals surface area contributed by atoms with Crippen molar-refractivity contribution in [3.05, 3.63) is 35.9 Å². The highest BCUT2D eigenvalue weighted by Gasteiger charge is 2.32. The van der Waals surface area contributed by atoms with Gasteiger partial charge in [-0.25, -0.2) is 4.79 Å². The molecule has 1 heterocycles. The third kappa shape index (κ3) is 3.01. The lowest BCUT2D eigenvalue weighted by atomic mass is 10.1. The summed E-state index contributed by atoms with van der Waals surface area (Å²) in [4.78, 5) is 13.6. The van der Waals surface area contributed by atoms with Crippen molar-refractivity contribution < 1.29 is 14.6 Å². The van der Waals surface area contributed by atoms with E-state index < -0.39 is 0 Å². The molecule has 4 nitrogen and oxygen atoms in total. The van der Waals surface area contributed by atoms with E-state index in [-0.39, 0.29) is 24.7 Å². The number of aliphatic hydroxyl groups excluding tert-OH is 1. The summed E-state index contributed by atoms with van der Waals surface area (Å²) in [5.41, 5.74) is 0.983. The van der Waals surface area contributed by atoms with E-state index in [4.69, 9.17) is 9.84 Å². The number of hydrogen-bond donors (Lipinski definition) is 1. The van der Waals surface area contributed by atoms with E-state index in [9.17, 15) is 4.79 Å². The summed E-state index contributed by atoms with van der Waals surface area (Å²) in [7, 11) is 0. The zero-order valence-corrected chi connectivity index (χ0v) is 10.6. The smallest absolute Gasteiger partial charge is 0.410 e. The van der Waals surface area contributed by atoms with Crippen molar-refractivity contribution in [2.24, 2.45) is 5.92 Å². The van der Waals surface area contributed by atoms with E-state index in [0.717, 1.165) is 12.0 Å². The molecule has 0 aliphatic carbocycles. The lowest BCUT2D eigenvalue weighted by Gasteiger charge is -2.20. The monoisotopic (exact) mass is 249 g/mol. The molecule has 2 rings (SSSR count). The molecule has 1 amide bonds. The van der Waals surface area contributed by atoms with Crippen LogP contribution in [0.4, 0.5) is 4.79 Å². The number of carbonyl (C=O) groups excluding carboxylic acids is 1. The average Bonchev–Trinajstić information content (AvgIpc) is 2.78. The lowest BCUT2D eigenvalue weighted by molar-refractivity contribution is 0.0926. The first-order valence-corrected chi connectivity index (χ1v) is 6.29. The van der Waals surface area contributed by atoms with Crippen LogP contribution in [0, 0.1) is 5.92 Å². The molecule has 1 fully saturated rings. The van der Waals surface area contributed by atoms with Gasteiger partial charge in [0.15, 0.2) is 0 Å². The quantitative estimate of drug-likeness (QED) is 0.891. The van der Waals surface area contributed by atoms with Crippen LogP contribution in [0.25, 0.3) is 0 Å². The van der Waals surface area contributed by atoms with Crippen LogP contribution in [0.3, 0.4) is 0 Å². The molecule has 0 spiro atoms. The molecule has 1 N–H and O–H groups in total. The number of benzene rings is 1. The molecule has 1 saturated heterocycles. The maximum atomic E-state index is 11.9. The number of aliphatic hydroxyl groups is 1. The number of amides is 1. The predicted octanol–water partition coefficient (Wildman–Crippen LogP) is 2.03. The van der Waals surface area contributed by atoms with Crippen LogP contribution in [0.1, 0.15) is 18.9 Å². The Labute approximate surface area is 107 Å². The molecule has 1 aliphatic rings. The number of nitrogens with zero attached hydrogens (tertiary/aromatic N) is 1. The Morgan fingerprint density at radius 1 is 1.44 bits per heavy atom. The molecule has 4 heteroatoms. The van der Waals surface area contributed by atoms with Gasteiger partial charge in [0.25, 0.3) is 0 Å². The maximum absolute atomic E-state index is 11.9. The van der Waals surface area contributed by atoms with E-state index in [1.165, 1.54) is 0 Å². The highest BCUT2D eigenvalue weighted by molar-refractivity contribution is 5.68. The van der Waals surface area contributed by atoms with Gasteiger partial charge in [0.2, 0.25) is 0 Å². The Kier molecular flexibility index (Phi) is 4.20. The zero-order chi connectivity index (χ0) is 13.0. The van der Waals surface area contributed by atoms with Crippen molar-refractivity contribution in [3.8, 4) is 0 Å². The predicted molar refractivity (Wildman–Crippen MR) is 68.0 cm³/mol. The number of hydrogen-bond acceptors (Lipinski definition) is 3. The molecular formula is C14H19NO3. The average molecular weight is 249 g/mol. The van der Waals surface area contributed by atoms with Gasteiger partial charge in [-0.1, -0.05) is 30.3 Å². The van der Waals surface area contributed by atoms with Crippen LogP contribution < -0.4 is 0 Å². The molecule has 98 valence electrons. The summed E-state index contributed by atoms with van der Waals surface area (Å²) >= 11 is 0. The first-order valence-electron chi connectivity index (χ1n) is 6.29. The normalized spacial score (nSPS) is 23.1. The second kappa shape index (κ2) is 5.87. The summed E-state index contributed by atoms with van der Waals surface area (Å²) in [5, 5.41) is 9.11. The third-order valence-corrected chi connectivity index (χ3v) is 3.36. The molecule has 0 bridgehead atoms. The van der Waals surface area contributed by atoms with Gasteiger partial charge in [0.1, 0.15) is 6.61 Å². The minimum atomic E-state index is -0.290. The largest absolute Gasteiger partial charge is 0.445 e. The Morgan fingerprint density at radius 2 is 2.17 bits per heavy atom. The van der Waals surface area contributed by atoms with Gasteiger partial charge in [-0.2, -0.15) is 0 Å². The standard InChI is InChI=1S/C14H19NO3/c1-11-7-13(9-16)8-15(11)14(17)18-10-12-5-3-2-4-6-12/h2-6,11,13,16H,7-10H2,1H3. The molecule has 0 aromatic heterocycles. The van der Waals surface area contributed by atoms with Crippen LogP contribution in [0.5, 0.6) is 0 Å². The number of likely N-dealkylation sites (tertiary alicyclic amines) is 1. The molecule has 1 aromatic carbocycles. The number of rotatable bonds is 3. The molecule has 2 atom stereocenters. The SMILES string of the molecule is CC1CC(CO)CN1C(=O)OCc1ccccc1. The van der Waals surface area contributed by atoms with E-state index in [0.29, 0.717) is 13.2 Å². The molecule has 1 aromatic rings. The third-order valence-electron chi connectivity index (χ3n) is 3.36. The van der Waals surface area contributed by atoms with Crippen LogP contribution in [-0.4, -0.2) is 35.3 Å². The van der Waals surface area contributed by atoms with Gasteiger partial charge in [0.05, 0.1) is 0 Å². The Bertz CT molecular complexity index is 393. The van der Waals surface area contributed by atoms with Crippen molar-refractivity contribution in [2.75, 3.05) is 13.2 Å². The minimum absolute atomic E-state index is 0.132. The van der Waals surface area contributed by atoms with Crippen LogP contribution in [-0.2, 0) is 11.3 Å². The van der Waals surface area contributed by atoms with Crippen molar-refractivity contribution in [1.29, 1.82) is 0 Å². The molecule has 0 radical (unpaired) electrons. The fourth-order valence-corrected chi connectivity index (χ4v) is 2.33. The first kappa shape index (κ1) is 12.9.